The summed E-state index contributed by atoms with van der Waals surface area (Å²) >= 11 is 0. The molecule has 1 aliphatic rings. The summed E-state index contributed by atoms with van der Waals surface area (Å²) in [5.41, 5.74) is 4.01. The van der Waals surface area contributed by atoms with Crippen molar-refractivity contribution in [3.05, 3.63) is 23.4 Å². The highest BCUT2D eigenvalue weighted by Gasteiger charge is 2.21. The summed E-state index contributed by atoms with van der Waals surface area (Å²) in [5.74, 6) is 2.37. The lowest BCUT2D eigenvalue weighted by Gasteiger charge is -2.18. The predicted molar refractivity (Wildman–Crippen MR) is 72.6 cm³/mol. The van der Waals surface area contributed by atoms with Gasteiger partial charge in [0.15, 0.2) is 11.5 Å². The number of fused-ring (bicyclic) bond motifs is 3. The predicted octanol–water partition coefficient (Wildman–Crippen LogP) is 3.31. The number of nitrogens with one attached hydrogen (secondary N) is 1. The molecule has 1 aliphatic carbocycles. The summed E-state index contributed by atoms with van der Waals surface area (Å²) in [4.78, 5) is 3.53. The van der Waals surface area contributed by atoms with Gasteiger partial charge in [0.1, 0.15) is 0 Å². The molecule has 18 heavy (non-hydrogen) atoms. The average molecular weight is 245 g/mol. The smallest absolute Gasteiger partial charge is 0.162 e. The molecule has 0 radical (unpaired) electrons. The standard InChI is InChI=1S/C15H19NO2/c1-9-4-5-12-10(6-9)11-7-14(17-2)15(18-3)8-13(11)16-12/h7-9,16H,4-6H2,1-3H3. The molecule has 3 heteroatoms. The lowest BCUT2D eigenvalue weighted by Crippen LogP contribution is -2.09. The lowest BCUT2D eigenvalue weighted by molar-refractivity contribution is 0.356. The van der Waals surface area contributed by atoms with Gasteiger partial charge in [0.2, 0.25) is 0 Å². The third-order valence-electron chi connectivity index (χ3n) is 3.94. The first kappa shape index (κ1) is 11.5. The summed E-state index contributed by atoms with van der Waals surface area (Å²) in [6.07, 6.45) is 3.58. The molecule has 3 rings (SSSR count). The number of hydrogen-bond acceptors (Lipinski definition) is 2. The van der Waals surface area contributed by atoms with Crippen LogP contribution in [0.3, 0.4) is 0 Å². The van der Waals surface area contributed by atoms with Crippen molar-refractivity contribution in [2.24, 2.45) is 5.92 Å². The Labute approximate surface area is 107 Å². The van der Waals surface area contributed by atoms with Gasteiger partial charge in [-0.2, -0.15) is 0 Å². The van der Waals surface area contributed by atoms with E-state index >= 15 is 0 Å². The zero-order valence-corrected chi connectivity index (χ0v) is 11.2. The summed E-state index contributed by atoms with van der Waals surface area (Å²) in [6.45, 7) is 2.32. The quantitative estimate of drug-likeness (QED) is 0.880. The van der Waals surface area contributed by atoms with Crippen LogP contribution in [0.5, 0.6) is 11.5 Å². The third kappa shape index (κ3) is 1.65. The van der Waals surface area contributed by atoms with Crippen LogP contribution in [0.25, 0.3) is 10.9 Å². The molecule has 1 N–H and O–H groups in total. The van der Waals surface area contributed by atoms with Crippen molar-refractivity contribution in [3.63, 3.8) is 0 Å². The summed E-state index contributed by atoms with van der Waals surface area (Å²) in [7, 11) is 3.36. The summed E-state index contributed by atoms with van der Waals surface area (Å²) < 4.78 is 10.7. The number of methoxy groups -OCH3 is 2. The number of aromatic nitrogens is 1. The van der Waals surface area contributed by atoms with E-state index in [1.54, 1.807) is 14.2 Å². The van der Waals surface area contributed by atoms with Crippen molar-refractivity contribution < 1.29 is 9.47 Å². The molecule has 1 aromatic carbocycles. The van der Waals surface area contributed by atoms with E-state index in [0.717, 1.165) is 35.8 Å². The molecule has 1 atom stereocenters. The number of benzene rings is 1. The van der Waals surface area contributed by atoms with E-state index in [1.165, 1.54) is 23.1 Å². The Bertz CT molecular complexity index is 586. The molecule has 0 aliphatic heterocycles. The number of hydrogen-bond donors (Lipinski definition) is 1. The Kier molecular flexibility index (Phi) is 2.69. The van der Waals surface area contributed by atoms with Gasteiger partial charge in [-0.05, 0) is 36.8 Å². The zero-order valence-electron chi connectivity index (χ0n) is 11.2. The molecule has 0 amide bonds. The average Bonchev–Trinajstić information content (AvgIpc) is 2.74. The molecule has 0 saturated carbocycles. The Morgan fingerprint density at radius 2 is 1.89 bits per heavy atom. The highest BCUT2D eigenvalue weighted by molar-refractivity contribution is 5.88. The fourth-order valence-corrected chi connectivity index (χ4v) is 2.92. The van der Waals surface area contributed by atoms with Gasteiger partial charge >= 0.3 is 0 Å². The maximum atomic E-state index is 5.39. The number of aryl methyl sites for hydroxylation is 1. The van der Waals surface area contributed by atoms with Crippen LogP contribution in [0.1, 0.15) is 24.6 Å². The highest BCUT2D eigenvalue weighted by atomic mass is 16.5. The number of rotatable bonds is 2. The zero-order chi connectivity index (χ0) is 12.7. The van der Waals surface area contributed by atoms with Gasteiger partial charge in [-0.3, -0.25) is 0 Å². The number of ether oxygens (including phenoxy) is 2. The van der Waals surface area contributed by atoms with Crippen LogP contribution in [0.4, 0.5) is 0 Å². The third-order valence-corrected chi connectivity index (χ3v) is 3.94. The number of aromatic amines is 1. The van der Waals surface area contributed by atoms with Crippen molar-refractivity contribution in [1.29, 1.82) is 0 Å². The van der Waals surface area contributed by atoms with Crippen LogP contribution in [0.15, 0.2) is 12.1 Å². The van der Waals surface area contributed by atoms with Gasteiger partial charge in [0.25, 0.3) is 0 Å². The van der Waals surface area contributed by atoms with Crippen molar-refractivity contribution in [2.75, 3.05) is 14.2 Å². The maximum absolute atomic E-state index is 5.39. The van der Waals surface area contributed by atoms with Crippen LogP contribution in [0.2, 0.25) is 0 Å². The molecule has 0 saturated heterocycles. The molecule has 1 heterocycles. The second kappa shape index (κ2) is 4.23. The second-order valence-electron chi connectivity index (χ2n) is 5.18. The van der Waals surface area contributed by atoms with E-state index in [9.17, 15) is 0 Å². The first-order chi connectivity index (χ1) is 8.72. The molecule has 3 nitrogen and oxygen atoms in total. The Balaban J connectivity index is 2.21. The van der Waals surface area contributed by atoms with E-state index in [2.05, 4.69) is 18.0 Å². The van der Waals surface area contributed by atoms with Crippen LogP contribution >= 0.6 is 0 Å². The van der Waals surface area contributed by atoms with Crippen LogP contribution in [-0.4, -0.2) is 19.2 Å². The fourth-order valence-electron chi connectivity index (χ4n) is 2.92. The fraction of sp³-hybridized carbons (Fsp3) is 0.467. The topological polar surface area (TPSA) is 34.2 Å². The first-order valence-corrected chi connectivity index (χ1v) is 6.48. The molecule has 0 spiro atoms. The lowest BCUT2D eigenvalue weighted by atomic mass is 9.88. The molecule has 2 aromatic rings. The second-order valence-corrected chi connectivity index (χ2v) is 5.18. The van der Waals surface area contributed by atoms with Crippen molar-refractivity contribution in [1.82, 2.24) is 4.98 Å². The minimum atomic E-state index is 0.768. The van der Waals surface area contributed by atoms with Crippen LogP contribution in [0, 0.1) is 5.92 Å². The van der Waals surface area contributed by atoms with Gasteiger partial charge < -0.3 is 14.5 Å². The van der Waals surface area contributed by atoms with Gasteiger partial charge in [-0.25, -0.2) is 0 Å². The Morgan fingerprint density at radius 3 is 2.61 bits per heavy atom. The maximum Gasteiger partial charge on any atom is 0.162 e. The molecule has 0 bridgehead atoms. The molecule has 0 fully saturated rings. The van der Waals surface area contributed by atoms with E-state index in [-0.39, 0.29) is 0 Å². The first-order valence-electron chi connectivity index (χ1n) is 6.48. The van der Waals surface area contributed by atoms with Gasteiger partial charge in [-0.15, -0.1) is 0 Å². The van der Waals surface area contributed by atoms with Gasteiger partial charge in [-0.1, -0.05) is 6.92 Å². The molecule has 1 unspecified atom stereocenters. The van der Waals surface area contributed by atoms with E-state index in [1.807, 2.05) is 6.07 Å². The Morgan fingerprint density at radius 1 is 1.17 bits per heavy atom. The van der Waals surface area contributed by atoms with Gasteiger partial charge in [0, 0.05) is 22.7 Å². The van der Waals surface area contributed by atoms with Crippen LogP contribution < -0.4 is 9.47 Å². The Hall–Kier alpha value is -1.64. The SMILES string of the molecule is COc1cc2[nH]c3c(c2cc1OC)CC(C)CC3. The monoisotopic (exact) mass is 245 g/mol. The van der Waals surface area contributed by atoms with E-state index < -0.39 is 0 Å². The van der Waals surface area contributed by atoms with Crippen molar-refractivity contribution in [2.45, 2.75) is 26.2 Å². The molecule has 96 valence electrons. The van der Waals surface area contributed by atoms with Crippen LogP contribution in [-0.2, 0) is 12.8 Å². The van der Waals surface area contributed by atoms with Crippen molar-refractivity contribution in [3.8, 4) is 11.5 Å². The highest BCUT2D eigenvalue weighted by Crippen LogP contribution is 2.37. The number of H-pyrrole nitrogens is 1. The molecular formula is C15H19NO2. The summed E-state index contributed by atoms with van der Waals surface area (Å²) in [5, 5.41) is 1.29. The molecular weight excluding hydrogens is 226 g/mol. The van der Waals surface area contributed by atoms with E-state index in [0.29, 0.717) is 0 Å². The minimum absolute atomic E-state index is 0.768. The normalized spacial score (nSPS) is 18.7. The molecule has 1 aromatic heterocycles. The van der Waals surface area contributed by atoms with Crippen molar-refractivity contribution >= 4 is 10.9 Å². The largest absolute Gasteiger partial charge is 0.493 e. The minimum Gasteiger partial charge on any atom is -0.493 e. The van der Waals surface area contributed by atoms with E-state index in [4.69, 9.17) is 9.47 Å². The summed E-state index contributed by atoms with van der Waals surface area (Å²) in [6, 6.07) is 4.14. The van der Waals surface area contributed by atoms with Gasteiger partial charge in [0.05, 0.1) is 14.2 Å².